The second kappa shape index (κ2) is 5.01. The van der Waals surface area contributed by atoms with E-state index >= 15 is 0 Å². The van der Waals surface area contributed by atoms with Gasteiger partial charge in [0.15, 0.2) is 17.0 Å². The Morgan fingerprint density at radius 1 is 1.00 bits per heavy atom. The summed E-state index contributed by atoms with van der Waals surface area (Å²) in [6.07, 6.45) is 0.694. The van der Waals surface area contributed by atoms with Crippen LogP contribution in [0.2, 0.25) is 0 Å². The van der Waals surface area contributed by atoms with Crippen molar-refractivity contribution in [3.05, 3.63) is 22.5 Å². The smallest absolute Gasteiger partial charge is 0.331 e. The first-order chi connectivity index (χ1) is 10.2. The summed E-state index contributed by atoms with van der Waals surface area (Å²) in [6, 6.07) is 0. The van der Waals surface area contributed by atoms with E-state index in [0.29, 0.717) is 6.33 Å². The Bertz CT molecular complexity index is 795. The van der Waals surface area contributed by atoms with Gasteiger partial charge in [0, 0.05) is 22.6 Å². The number of nitrogens with zero attached hydrogens (tertiary/aromatic N) is 2. The van der Waals surface area contributed by atoms with E-state index in [2.05, 4.69) is 9.97 Å². The van der Waals surface area contributed by atoms with Gasteiger partial charge in [-0.2, -0.15) is 35.1 Å². The summed E-state index contributed by atoms with van der Waals surface area (Å²) in [6.45, 7) is 0. The third-order valence-electron chi connectivity index (χ3n) is 2.74. The topological polar surface area (TPSA) is 74.4 Å². The molecule has 0 saturated heterocycles. The third-order valence-corrected chi connectivity index (χ3v) is 3.41. The van der Waals surface area contributed by atoms with Crippen LogP contribution in [0.3, 0.4) is 0 Å². The SMILES string of the molecule is O=c1[nH]cnc2nc(C(F)(F)C(F)(F)C(F)(F)C(F)(F)I)[nH]c12. The quantitative estimate of drug-likeness (QED) is 0.417. The van der Waals surface area contributed by atoms with Crippen molar-refractivity contribution in [1.29, 1.82) is 0 Å². The molecule has 0 bridgehead atoms. The van der Waals surface area contributed by atoms with Crippen molar-refractivity contribution in [2.24, 2.45) is 0 Å². The van der Waals surface area contributed by atoms with Crippen LogP contribution in [0.4, 0.5) is 35.1 Å². The largest absolute Gasteiger partial charge is 0.387 e. The molecule has 0 spiro atoms. The van der Waals surface area contributed by atoms with Gasteiger partial charge in [0.1, 0.15) is 0 Å². The zero-order valence-electron chi connectivity index (χ0n) is 10.3. The molecule has 0 fully saturated rings. The van der Waals surface area contributed by atoms with E-state index in [9.17, 15) is 39.9 Å². The van der Waals surface area contributed by atoms with Gasteiger partial charge >= 0.3 is 21.7 Å². The molecule has 0 atom stereocenters. The van der Waals surface area contributed by atoms with Gasteiger partial charge in [-0.1, -0.05) is 0 Å². The molecule has 0 aliphatic heterocycles. The Morgan fingerprint density at radius 3 is 2.04 bits per heavy atom. The average Bonchev–Trinajstić information content (AvgIpc) is 2.83. The van der Waals surface area contributed by atoms with Crippen molar-refractivity contribution in [3.8, 4) is 0 Å². The molecule has 2 N–H and O–H groups in total. The van der Waals surface area contributed by atoms with E-state index in [1.54, 1.807) is 0 Å². The van der Waals surface area contributed by atoms with Crippen LogP contribution in [0.25, 0.3) is 11.2 Å². The number of halogens is 9. The highest BCUT2D eigenvalue weighted by Gasteiger charge is 2.81. The first kappa shape index (κ1) is 17.9. The van der Waals surface area contributed by atoms with Crippen molar-refractivity contribution in [2.45, 2.75) is 21.7 Å². The van der Waals surface area contributed by atoms with E-state index in [1.807, 2.05) is 4.98 Å². The van der Waals surface area contributed by atoms with Crippen LogP contribution >= 0.6 is 22.6 Å². The summed E-state index contributed by atoms with van der Waals surface area (Å²) in [5.41, 5.74) is -2.68. The summed E-state index contributed by atoms with van der Waals surface area (Å²) in [5, 5.41) is 0. The van der Waals surface area contributed by atoms with E-state index in [-0.39, 0.29) is 22.6 Å². The number of nitrogens with one attached hydrogen (secondary N) is 2. The van der Waals surface area contributed by atoms with Crippen molar-refractivity contribution < 1.29 is 35.1 Å². The fourth-order valence-electron chi connectivity index (χ4n) is 1.51. The number of imidazole rings is 1. The Morgan fingerprint density at radius 2 is 1.57 bits per heavy atom. The van der Waals surface area contributed by atoms with Gasteiger partial charge in [-0.3, -0.25) is 4.79 Å². The third kappa shape index (κ3) is 2.46. The maximum Gasteiger partial charge on any atom is 0.387 e. The number of aromatic amines is 2. The van der Waals surface area contributed by atoms with E-state index in [1.165, 1.54) is 4.98 Å². The fourth-order valence-corrected chi connectivity index (χ4v) is 1.85. The van der Waals surface area contributed by atoms with Crippen molar-refractivity contribution in [2.75, 3.05) is 0 Å². The lowest BCUT2D eigenvalue weighted by atomic mass is 10.0. The van der Waals surface area contributed by atoms with Gasteiger partial charge in [-0.15, -0.1) is 0 Å². The van der Waals surface area contributed by atoms with Gasteiger partial charge in [-0.25, -0.2) is 9.97 Å². The maximum absolute atomic E-state index is 13.7. The molecule has 128 valence electrons. The molecule has 0 aromatic carbocycles. The first-order valence-electron chi connectivity index (χ1n) is 5.37. The number of H-pyrrole nitrogens is 2. The average molecular weight is 462 g/mol. The Balaban J connectivity index is 2.63. The molecule has 5 nitrogen and oxygen atoms in total. The zero-order valence-corrected chi connectivity index (χ0v) is 12.4. The minimum Gasteiger partial charge on any atom is -0.331 e. The van der Waals surface area contributed by atoms with Crippen LogP contribution in [0.15, 0.2) is 11.1 Å². The molecule has 0 amide bonds. The highest BCUT2D eigenvalue weighted by atomic mass is 127. The van der Waals surface area contributed by atoms with E-state index in [4.69, 9.17) is 0 Å². The summed E-state index contributed by atoms with van der Waals surface area (Å²) in [7, 11) is 0. The molecule has 23 heavy (non-hydrogen) atoms. The molecule has 2 aromatic rings. The second-order valence-electron chi connectivity index (χ2n) is 4.24. The molecule has 2 aromatic heterocycles. The Labute approximate surface area is 133 Å². The number of hydrogen-bond donors (Lipinski definition) is 2. The molecule has 2 heterocycles. The van der Waals surface area contributed by atoms with E-state index < -0.39 is 44.2 Å². The zero-order chi connectivity index (χ0) is 17.8. The number of rotatable bonds is 4. The monoisotopic (exact) mass is 462 g/mol. The van der Waals surface area contributed by atoms with Gasteiger partial charge in [-0.05, 0) is 0 Å². The summed E-state index contributed by atoms with van der Waals surface area (Å²) in [4.78, 5) is 20.6. The van der Waals surface area contributed by atoms with Crippen molar-refractivity contribution in [3.63, 3.8) is 0 Å². The van der Waals surface area contributed by atoms with Gasteiger partial charge in [0.05, 0.1) is 6.33 Å². The summed E-state index contributed by atoms with van der Waals surface area (Å²) >= 11 is -0.371. The number of alkyl halides is 9. The summed E-state index contributed by atoms with van der Waals surface area (Å²) < 4.78 is 100. The van der Waals surface area contributed by atoms with Crippen LogP contribution in [0, 0.1) is 0 Å². The van der Waals surface area contributed by atoms with Gasteiger partial charge in [0.25, 0.3) is 5.56 Å². The maximum atomic E-state index is 13.7. The predicted octanol–water partition coefficient (Wildman–Crippen LogP) is 3.04. The first-order valence-corrected chi connectivity index (χ1v) is 6.45. The Hall–Kier alpha value is -1.48. The molecule has 0 saturated carbocycles. The lowest BCUT2D eigenvalue weighted by molar-refractivity contribution is -0.349. The van der Waals surface area contributed by atoms with E-state index in [0.717, 1.165) is 0 Å². The molecular weight excluding hydrogens is 459 g/mol. The molecule has 0 radical (unpaired) electrons. The lowest BCUT2D eigenvalue weighted by Crippen LogP contribution is -2.59. The minimum atomic E-state index is -6.51. The minimum absolute atomic E-state index is 0.371. The second-order valence-corrected chi connectivity index (χ2v) is 5.59. The lowest BCUT2D eigenvalue weighted by Gasteiger charge is -2.33. The van der Waals surface area contributed by atoms with Crippen LogP contribution in [-0.2, 0) is 5.92 Å². The van der Waals surface area contributed by atoms with Crippen molar-refractivity contribution in [1.82, 2.24) is 19.9 Å². The van der Waals surface area contributed by atoms with Crippen LogP contribution in [0.1, 0.15) is 5.82 Å². The molecule has 0 aliphatic rings. The van der Waals surface area contributed by atoms with Gasteiger partial charge < -0.3 is 9.97 Å². The normalized spacial score (nSPS) is 14.5. The molecule has 0 aliphatic carbocycles. The van der Waals surface area contributed by atoms with Gasteiger partial charge in [0.2, 0.25) is 0 Å². The highest BCUT2D eigenvalue weighted by Crippen LogP contribution is 2.57. The van der Waals surface area contributed by atoms with Crippen LogP contribution in [-0.4, -0.2) is 35.7 Å². The van der Waals surface area contributed by atoms with Crippen LogP contribution < -0.4 is 5.56 Å². The number of fused-ring (bicyclic) bond motifs is 1. The Kier molecular flexibility index (Phi) is 3.89. The molecule has 14 heteroatoms. The fraction of sp³-hybridized carbons (Fsp3) is 0.444. The molecule has 2 rings (SSSR count). The molecular formula is C9H3F8IN4O. The summed E-state index contributed by atoms with van der Waals surface area (Å²) in [5.74, 6) is -20.8. The van der Waals surface area contributed by atoms with Crippen molar-refractivity contribution >= 4 is 33.8 Å². The standard InChI is InChI=1S/C9H3F8IN4O/c10-6(11,7(12,13)8(14,15)9(16,17)18)5-21-2-3(22-5)19-1-20-4(2)23/h1H,(H2,19,20,21,22,23). The number of aromatic nitrogens is 4. The van der Waals surface area contributed by atoms with Crippen LogP contribution in [0.5, 0.6) is 0 Å². The predicted molar refractivity (Wildman–Crippen MR) is 67.3 cm³/mol. The number of hydrogen-bond acceptors (Lipinski definition) is 3. The molecule has 0 unspecified atom stereocenters. The highest BCUT2D eigenvalue weighted by molar-refractivity contribution is 14.1.